The second kappa shape index (κ2) is 6.02. The fourth-order valence-electron chi connectivity index (χ4n) is 1.65. The van der Waals surface area contributed by atoms with Crippen molar-refractivity contribution in [3.8, 4) is 0 Å². The molecule has 3 N–H and O–H groups in total. The predicted molar refractivity (Wildman–Crippen MR) is 72.3 cm³/mol. The van der Waals surface area contributed by atoms with Crippen LogP contribution in [0.25, 0.3) is 0 Å². The number of benzene rings is 1. The van der Waals surface area contributed by atoms with Crippen LogP contribution >= 0.6 is 0 Å². The minimum atomic E-state index is -4.43. The van der Waals surface area contributed by atoms with E-state index in [1.54, 1.807) is 14.0 Å². The number of alkyl halides is 3. The molecule has 0 radical (unpaired) electrons. The highest BCUT2D eigenvalue weighted by Gasteiger charge is 2.31. The van der Waals surface area contributed by atoms with Crippen LogP contribution in [0.2, 0.25) is 0 Å². The van der Waals surface area contributed by atoms with Gasteiger partial charge in [0, 0.05) is 13.6 Å². The fraction of sp³-hybridized carbons (Fsp3) is 0.462. The third-order valence-corrected chi connectivity index (χ3v) is 2.97. The van der Waals surface area contributed by atoms with Crippen LogP contribution in [0.1, 0.15) is 19.4 Å². The number of nitrogens with two attached hydrogens (primary N) is 1. The summed E-state index contributed by atoms with van der Waals surface area (Å²) in [6, 6.07) is 2.44. The second-order valence-corrected chi connectivity index (χ2v) is 4.52. The maximum absolute atomic E-state index is 12.5. The van der Waals surface area contributed by atoms with Crippen LogP contribution in [0.4, 0.5) is 24.5 Å². The molecule has 1 aromatic carbocycles. The Labute approximate surface area is 115 Å². The third-order valence-electron chi connectivity index (χ3n) is 2.97. The van der Waals surface area contributed by atoms with Gasteiger partial charge in [-0.25, -0.2) is 0 Å². The van der Waals surface area contributed by atoms with Crippen LogP contribution in [-0.2, 0) is 11.0 Å². The summed E-state index contributed by atoms with van der Waals surface area (Å²) in [5.74, 6) is -0.160. The van der Waals surface area contributed by atoms with Crippen LogP contribution in [0.3, 0.4) is 0 Å². The smallest absolute Gasteiger partial charge is 0.397 e. The quantitative estimate of drug-likeness (QED) is 0.838. The Morgan fingerprint density at radius 2 is 2.05 bits per heavy atom. The maximum atomic E-state index is 12.5. The first-order valence-corrected chi connectivity index (χ1v) is 6.15. The maximum Gasteiger partial charge on any atom is 0.416 e. The van der Waals surface area contributed by atoms with Gasteiger partial charge in [0.05, 0.1) is 16.9 Å². The number of nitrogens with zero attached hydrogens (tertiary/aromatic N) is 1. The van der Waals surface area contributed by atoms with Crippen molar-refractivity contribution in [3.05, 3.63) is 23.8 Å². The number of amides is 1. The molecule has 0 spiro atoms. The van der Waals surface area contributed by atoms with Gasteiger partial charge in [0.15, 0.2) is 0 Å². The van der Waals surface area contributed by atoms with Crippen molar-refractivity contribution in [2.45, 2.75) is 26.1 Å². The molecule has 1 amide bonds. The van der Waals surface area contributed by atoms with Gasteiger partial charge in [-0.1, -0.05) is 0 Å². The van der Waals surface area contributed by atoms with Crippen LogP contribution in [0, 0.1) is 0 Å². The molecule has 0 saturated heterocycles. The van der Waals surface area contributed by atoms with Gasteiger partial charge in [-0.05, 0) is 32.0 Å². The first-order chi connectivity index (χ1) is 9.16. The Hall–Kier alpha value is -1.92. The standard InChI is InChI=1S/C13H18F3N3O/c1-4-19(3)12(20)8(2)18-11-6-5-9(7-10(11)17)13(14,15)16/h5-8,18H,4,17H2,1-3H3. The summed E-state index contributed by atoms with van der Waals surface area (Å²) in [6.45, 7) is 4.01. The molecule has 0 aliphatic heterocycles. The lowest BCUT2D eigenvalue weighted by atomic mass is 10.1. The molecule has 0 saturated carbocycles. The highest BCUT2D eigenvalue weighted by atomic mass is 19.4. The molecule has 0 aromatic heterocycles. The fourth-order valence-corrected chi connectivity index (χ4v) is 1.65. The second-order valence-electron chi connectivity index (χ2n) is 4.52. The number of carbonyl (C=O) groups is 1. The van der Waals surface area contributed by atoms with Crippen LogP contribution < -0.4 is 11.1 Å². The topological polar surface area (TPSA) is 58.4 Å². The van der Waals surface area contributed by atoms with Gasteiger partial charge in [-0.15, -0.1) is 0 Å². The Morgan fingerprint density at radius 1 is 1.45 bits per heavy atom. The molecule has 4 nitrogen and oxygen atoms in total. The average molecular weight is 289 g/mol. The van der Waals surface area contributed by atoms with Crippen molar-refractivity contribution in [1.82, 2.24) is 4.90 Å². The highest BCUT2D eigenvalue weighted by molar-refractivity contribution is 5.85. The highest BCUT2D eigenvalue weighted by Crippen LogP contribution is 2.32. The number of anilines is 2. The van der Waals surface area contributed by atoms with E-state index in [-0.39, 0.29) is 11.6 Å². The molecule has 0 aliphatic rings. The molecule has 112 valence electrons. The van der Waals surface area contributed by atoms with Gasteiger partial charge >= 0.3 is 6.18 Å². The average Bonchev–Trinajstić information content (AvgIpc) is 2.37. The van der Waals surface area contributed by atoms with Crippen molar-refractivity contribution in [3.63, 3.8) is 0 Å². The lowest BCUT2D eigenvalue weighted by Gasteiger charge is -2.22. The molecule has 1 unspecified atom stereocenters. The van der Waals surface area contributed by atoms with Crippen molar-refractivity contribution in [2.75, 3.05) is 24.6 Å². The number of carbonyl (C=O) groups excluding carboxylic acids is 1. The lowest BCUT2D eigenvalue weighted by molar-refractivity contribution is -0.137. The van der Waals surface area contributed by atoms with E-state index in [2.05, 4.69) is 5.32 Å². The number of hydrogen-bond acceptors (Lipinski definition) is 3. The van der Waals surface area contributed by atoms with Crippen molar-refractivity contribution < 1.29 is 18.0 Å². The van der Waals surface area contributed by atoms with Crippen molar-refractivity contribution in [1.29, 1.82) is 0 Å². The summed E-state index contributed by atoms with van der Waals surface area (Å²) in [5, 5.41) is 2.82. The van der Waals surface area contributed by atoms with E-state index in [9.17, 15) is 18.0 Å². The van der Waals surface area contributed by atoms with E-state index in [1.165, 1.54) is 11.0 Å². The molecule has 7 heteroatoms. The minimum absolute atomic E-state index is 0.0429. The molecule has 0 fully saturated rings. The van der Waals surface area contributed by atoms with Gasteiger partial charge in [-0.2, -0.15) is 13.2 Å². The van der Waals surface area contributed by atoms with E-state index in [4.69, 9.17) is 5.73 Å². The van der Waals surface area contributed by atoms with Gasteiger partial charge in [0.25, 0.3) is 0 Å². The molecule has 0 heterocycles. The SMILES string of the molecule is CCN(C)C(=O)C(C)Nc1ccc(C(F)(F)F)cc1N. The molecule has 1 atom stereocenters. The van der Waals surface area contributed by atoms with E-state index in [0.29, 0.717) is 12.2 Å². The summed E-state index contributed by atoms with van der Waals surface area (Å²) in [7, 11) is 1.65. The van der Waals surface area contributed by atoms with Gasteiger partial charge in [-0.3, -0.25) is 4.79 Å². The Morgan fingerprint density at radius 3 is 2.50 bits per heavy atom. The summed E-state index contributed by atoms with van der Waals surface area (Å²) < 4.78 is 37.5. The zero-order valence-corrected chi connectivity index (χ0v) is 11.6. The van der Waals surface area contributed by atoms with E-state index >= 15 is 0 Å². The molecule has 0 aliphatic carbocycles. The number of likely N-dealkylation sites (N-methyl/N-ethyl adjacent to an activating group) is 1. The third kappa shape index (κ3) is 3.79. The Balaban J connectivity index is 2.87. The first-order valence-electron chi connectivity index (χ1n) is 6.15. The number of nitrogens with one attached hydrogen (secondary N) is 1. The van der Waals surface area contributed by atoms with Gasteiger partial charge < -0.3 is 16.0 Å². The zero-order chi connectivity index (χ0) is 15.5. The van der Waals surface area contributed by atoms with Crippen LogP contribution in [0.15, 0.2) is 18.2 Å². The molecule has 1 rings (SSSR count). The van der Waals surface area contributed by atoms with Crippen molar-refractivity contribution in [2.24, 2.45) is 0 Å². The van der Waals surface area contributed by atoms with Gasteiger partial charge in [0.1, 0.15) is 6.04 Å². The molecule has 20 heavy (non-hydrogen) atoms. The summed E-state index contributed by atoms with van der Waals surface area (Å²) in [4.78, 5) is 13.4. The van der Waals surface area contributed by atoms with E-state index in [1.807, 2.05) is 6.92 Å². The summed E-state index contributed by atoms with van der Waals surface area (Å²) >= 11 is 0. The first kappa shape index (κ1) is 16.1. The molecule has 0 bridgehead atoms. The van der Waals surface area contributed by atoms with E-state index < -0.39 is 17.8 Å². The molecular weight excluding hydrogens is 271 g/mol. The number of hydrogen-bond donors (Lipinski definition) is 2. The zero-order valence-electron chi connectivity index (χ0n) is 11.6. The van der Waals surface area contributed by atoms with Crippen molar-refractivity contribution >= 4 is 17.3 Å². The normalized spacial score (nSPS) is 12.9. The van der Waals surface area contributed by atoms with Gasteiger partial charge in [0.2, 0.25) is 5.91 Å². The summed E-state index contributed by atoms with van der Waals surface area (Å²) in [6.07, 6.45) is -4.43. The van der Waals surface area contributed by atoms with Crippen LogP contribution in [-0.4, -0.2) is 30.4 Å². The Bertz CT molecular complexity index is 488. The van der Waals surface area contributed by atoms with E-state index in [0.717, 1.165) is 12.1 Å². The number of halogens is 3. The lowest BCUT2D eigenvalue weighted by Crippen LogP contribution is -2.38. The number of nitrogen functional groups attached to an aromatic ring is 1. The predicted octanol–water partition coefficient (Wildman–Crippen LogP) is 2.57. The largest absolute Gasteiger partial charge is 0.416 e. The number of rotatable bonds is 4. The Kier molecular flexibility index (Phi) is 4.86. The molecular formula is C13H18F3N3O. The summed E-state index contributed by atoms with van der Waals surface area (Å²) in [5.41, 5.74) is 5.04. The molecule has 1 aromatic rings. The monoisotopic (exact) mass is 289 g/mol. The van der Waals surface area contributed by atoms with Crippen LogP contribution in [0.5, 0.6) is 0 Å². The minimum Gasteiger partial charge on any atom is -0.397 e.